The zero-order valence-corrected chi connectivity index (χ0v) is 38.1. The molecule has 2 saturated heterocycles. The average molecular weight is 897 g/mol. The number of H-pyrrole nitrogens is 2. The fourth-order valence-corrected chi connectivity index (χ4v) is 9.33. The minimum atomic E-state index is -0.775. The van der Waals surface area contributed by atoms with Crippen LogP contribution in [0.15, 0.2) is 72.8 Å². The van der Waals surface area contributed by atoms with E-state index in [0.717, 1.165) is 58.9 Å². The molecule has 4 atom stereocenters. The maximum Gasteiger partial charge on any atom is 0.407 e. The minimum absolute atomic E-state index is 0.0954. The molecule has 2 fully saturated rings. The number of nitrogens with zero attached hydrogens (tertiary/aromatic N) is 4. The lowest BCUT2D eigenvalue weighted by atomic mass is 9.87. The van der Waals surface area contributed by atoms with Crippen LogP contribution in [-0.4, -0.2) is 107 Å². The first kappa shape index (κ1) is 44.4. The van der Waals surface area contributed by atoms with Gasteiger partial charge in [0.1, 0.15) is 49.3 Å². The van der Waals surface area contributed by atoms with Crippen molar-refractivity contribution >= 4 is 46.1 Å². The van der Waals surface area contributed by atoms with E-state index in [-0.39, 0.29) is 50.3 Å². The first-order valence-electron chi connectivity index (χ1n) is 22.6. The Morgan fingerprint density at radius 1 is 0.606 bits per heavy atom. The Labute approximate surface area is 382 Å². The molecule has 344 valence electrons. The largest absolute Gasteiger partial charge is 0.453 e. The topological polar surface area (TPSA) is 193 Å². The fourth-order valence-electron chi connectivity index (χ4n) is 9.33. The third kappa shape index (κ3) is 8.82. The normalized spacial score (nSPS) is 18.2. The van der Waals surface area contributed by atoms with Crippen LogP contribution in [0.4, 0.5) is 9.59 Å². The van der Waals surface area contributed by atoms with Gasteiger partial charge in [0.05, 0.1) is 49.5 Å². The number of benzene rings is 4. The zero-order chi connectivity index (χ0) is 46.2. The number of nitrogens with one attached hydrogen (secondary N) is 4. The number of amides is 4. The molecular formula is C50H56N8O8. The second kappa shape index (κ2) is 18.6. The van der Waals surface area contributed by atoms with Gasteiger partial charge in [-0.2, -0.15) is 0 Å². The van der Waals surface area contributed by atoms with Crippen molar-refractivity contribution in [3.63, 3.8) is 0 Å². The highest BCUT2D eigenvalue weighted by atomic mass is 16.5. The summed E-state index contributed by atoms with van der Waals surface area (Å²) in [5, 5.41) is 5.36. The third-order valence-corrected chi connectivity index (χ3v) is 13.1. The van der Waals surface area contributed by atoms with Gasteiger partial charge in [-0.15, -0.1) is 0 Å². The third-order valence-electron chi connectivity index (χ3n) is 13.1. The maximum atomic E-state index is 13.7. The minimum Gasteiger partial charge on any atom is -0.453 e. The monoisotopic (exact) mass is 896 g/mol. The van der Waals surface area contributed by atoms with Crippen molar-refractivity contribution in [3.8, 4) is 22.3 Å². The quantitative estimate of drug-likeness (QED) is 0.110. The van der Waals surface area contributed by atoms with Crippen LogP contribution in [-0.2, 0) is 54.2 Å². The number of imidazole rings is 2. The highest BCUT2D eigenvalue weighted by Gasteiger charge is 2.40. The van der Waals surface area contributed by atoms with E-state index in [2.05, 4.69) is 81.3 Å². The van der Waals surface area contributed by atoms with E-state index in [4.69, 9.17) is 28.9 Å². The molecule has 6 aliphatic rings. The molecule has 16 heteroatoms. The molecule has 4 N–H and O–H groups in total. The van der Waals surface area contributed by atoms with E-state index in [9.17, 15) is 19.2 Å². The van der Waals surface area contributed by atoms with Crippen LogP contribution in [0.1, 0.15) is 73.7 Å². The molecule has 0 spiro atoms. The van der Waals surface area contributed by atoms with Crippen molar-refractivity contribution in [1.29, 1.82) is 0 Å². The first-order valence-corrected chi connectivity index (χ1v) is 22.6. The van der Waals surface area contributed by atoms with E-state index in [1.54, 1.807) is 9.80 Å². The van der Waals surface area contributed by atoms with Crippen molar-refractivity contribution in [1.82, 2.24) is 40.4 Å². The number of hydrogen-bond acceptors (Lipinski definition) is 10. The van der Waals surface area contributed by atoms with Gasteiger partial charge in [-0.05, 0) is 106 Å². The van der Waals surface area contributed by atoms with Crippen LogP contribution >= 0.6 is 0 Å². The van der Waals surface area contributed by atoms with Crippen LogP contribution in [0.5, 0.6) is 0 Å². The van der Waals surface area contributed by atoms with Gasteiger partial charge >= 0.3 is 12.2 Å². The van der Waals surface area contributed by atoms with Crippen molar-refractivity contribution in [2.75, 3.05) is 40.9 Å². The Bertz CT molecular complexity index is 2630. The molecule has 2 aromatic heterocycles. The van der Waals surface area contributed by atoms with Gasteiger partial charge in [0.25, 0.3) is 0 Å². The number of rotatable bonds is 10. The second-order valence-corrected chi connectivity index (χ2v) is 18.1. The fraction of sp³-hybridized carbons (Fsp3) is 0.400. The number of ether oxygens (including phenoxy) is 4. The molecule has 4 aliphatic carbocycles. The number of aryl methyl sites for hydroxylation is 4. The standard InChI is InChI=1S/C50H56N8O8/c1-27(2)43(55-49(61)63-5)47(59)57-25-65-23-41(57)45-51-37-17-15-33(21-39(37)53-45)35-19-29-7-11-31(35)13-9-30-8-12-32(14-10-29)36(20-30)34-16-18-38-40(22-34)54-46(52-38)42-24-66-26-58(42)48(60)44(28(3)4)56-50(62)64-6/h7-8,11-12,15-22,27-28,41-44H,9-10,13-14,23-26H2,1-6H3,(H,51,53)(H,52,54)(H,55,61)(H,56,62). The van der Waals surface area contributed by atoms with Gasteiger partial charge in [0, 0.05) is 0 Å². The smallest absolute Gasteiger partial charge is 0.407 e. The zero-order valence-electron chi connectivity index (χ0n) is 38.1. The summed E-state index contributed by atoms with van der Waals surface area (Å²) < 4.78 is 21.1. The van der Waals surface area contributed by atoms with E-state index in [0.29, 0.717) is 11.6 Å². The summed E-state index contributed by atoms with van der Waals surface area (Å²) in [6, 6.07) is 23.8. The van der Waals surface area contributed by atoms with E-state index in [1.165, 1.54) is 47.6 Å². The van der Waals surface area contributed by atoms with Gasteiger partial charge in [0.2, 0.25) is 11.8 Å². The first-order chi connectivity index (χ1) is 31.9. The van der Waals surface area contributed by atoms with E-state index >= 15 is 0 Å². The predicted octanol–water partition coefficient (Wildman–Crippen LogP) is 7.13. The Morgan fingerprint density at radius 2 is 1.03 bits per heavy atom. The van der Waals surface area contributed by atoms with Gasteiger partial charge in [-0.25, -0.2) is 19.6 Å². The molecule has 2 aliphatic heterocycles. The highest BCUT2D eigenvalue weighted by Crippen LogP contribution is 2.36. The molecule has 0 radical (unpaired) electrons. The highest BCUT2D eigenvalue weighted by molar-refractivity contribution is 5.88. The Balaban J connectivity index is 0.941. The molecule has 16 nitrogen and oxygen atoms in total. The average Bonchev–Trinajstić information content (AvgIpc) is 4.15. The number of methoxy groups -OCH3 is 2. The molecule has 4 bridgehead atoms. The molecular weight excluding hydrogens is 841 g/mol. The molecule has 6 aromatic rings. The van der Waals surface area contributed by atoms with Crippen LogP contribution in [0.25, 0.3) is 44.3 Å². The summed E-state index contributed by atoms with van der Waals surface area (Å²) in [5.41, 5.74) is 12.8. The SMILES string of the molecule is COC(=O)NC(C(=O)N1COCC1c1nc2ccc(-c3cc4ccc3CCc3ccc(c(-c5ccc6nc(C7COCN7C(=O)C(NC(=O)OC)C(C)C)[nH]c6c5)c3)CC4)cc2[nH]1)C(C)C. The predicted molar refractivity (Wildman–Crippen MR) is 247 cm³/mol. The Morgan fingerprint density at radius 3 is 1.42 bits per heavy atom. The van der Waals surface area contributed by atoms with Crippen molar-refractivity contribution in [2.24, 2.45) is 11.8 Å². The molecule has 4 amide bonds. The van der Waals surface area contributed by atoms with E-state index in [1.807, 2.05) is 39.8 Å². The molecule has 4 unspecified atom stereocenters. The number of aromatic nitrogens is 4. The van der Waals surface area contributed by atoms with Gasteiger partial charge in [0.15, 0.2) is 0 Å². The van der Waals surface area contributed by atoms with Crippen LogP contribution in [0.3, 0.4) is 0 Å². The van der Waals surface area contributed by atoms with Gasteiger partial charge in [-0.1, -0.05) is 76.2 Å². The van der Waals surface area contributed by atoms with Gasteiger partial charge in [-0.3, -0.25) is 9.59 Å². The molecule has 0 saturated carbocycles. The second-order valence-electron chi connectivity index (χ2n) is 18.1. The van der Waals surface area contributed by atoms with Crippen molar-refractivity contribution in [3.05, 3.63) is 107 Å². The summed E-state index contributed by atoms with van der Waals surface area (Å²) >= 11 is 0. The van der Waals surface area contributed by atoms with Crippen molar-refractivity contribution < 1.29 is 38.1 Å². The maximum absolute atomic E-state index is 13.7. The number of alkyl carbamates (subject to hydrolysis) is 2. The lowest BCUT2D eigenvalue weighted by Gasteiger charge is -2.28. The summed E-state index contributed by atoms with van der Waals surface area (Å²) in [4.78, 5) is 71.6. The van der Waals surface area contributed by atoms with Crippen molar-refractivity contribution in [2.45, 2.75) is 77.5 Å². The number of aromatic amines is 2. The number of carbonyl (C=O) groups excluding carboxylic acids is 4. The molecule has 4 heterocycles. The number of carbonyl (C=O) groups is 4. The Kier molecular flexibility index (Phi) is 12.5. The lowest BCUT2D eigenvalue weighted by Crippen LogP contribution is -2.51. The lowest BCUT2D eigenvalue weighted by molar-refractivity contribution is -0.137. The van der Waals surface area contributed by atoms with Crippen LogP contribution < -0.4 is 10.6 Å². The Hall–Kier alpha value is -6.78. The van der Waals surface area contributed by atoms with Crippen LogP contribution in [0.2, 0.25) is 0 Å². The summed E-state index contributed by atoms with van der Waals surface area (Å²) in [7, 11) is 2.55. The molecule has 12 rings (SSSR count). The molecule has 4 aromatic carbocycles. The van der Waals surface area contributed by atoms with Gasteiger partial charge < -0.3 is 49.3 Å². The summed E-state index contributed by atoms with van der Waals surface area (Å²) in [6.07, 6.45) is 2.03. The molecule has 66 heavy (non-hydrogen) atoms. The van der Waals surface area contributed by atoms with Crippen LogP contribution in [0, 0.1) is 11.8 Å². The van der Waals surface area contributed by atoms with E-state index < -0.39 is 36.4 Å². The summed E-state index contributed by atoms with van der Waals surface area (Å²) in [6.45, 7) is 8.26. The summed E-state index contributed by atoms with van der Waals surface area (Å²) in [5.74, 6) is 0.413. The number of hydrogen-bond donors (Lipinski definition) is 4. The number of fused-ring (bicyclic) bond motifs is 2.